The second kappa shape index (κ2) is 8.81. The molecule has 0 unspecified atom stereocenters. The lowest BCUT2D eigenvalue weighted by atomic mass is 10.2. The van der Waals surface area contributed by atoms with E-state index < -0.39 is 30.5 Å². The number of hydrogen-bond donors (Lipinski definition) is 0. The fourth-order valence-corrected chi connectivity index (χ4v) is 3.46. The first-order chi connectivity index (χ1) is 15.6. The second-order valence-electron chi connectivity index (χ2n) is 6.53. The Morgan fingerprint density at radius 2 is 1.91 bits per heavy atom. The smallest absolute Gasteiger partial charge is 0.347 e. The van der Waals surface area contributed by atoms with Crippen molar-refractivity contribution in [3.8, 4) is 23.3 Å². The van der Waals surface area contributed by atoms with Crippen LogP contribution in [-0.2, 0) is 0 Å². The molecule has 0 saturated carbocycles. The van der Waals surface area contributed by atoms with Crippen LogP contribution >= 0.6 is 34.8 Å². The molecule has 3 heterocycles. The predicted octanol–water partition coefficient (Wildman–Crippen LogP) is 5.68. The van der Waals surface area contributed by atoms with Crippen LogP contribution < -0.4 is 10.4 Å². The van der Waals surface area contributed by atoms with Gasteiger partial charge in [-0.3, -0.25) is 0 Å². The molecule has 0 aliphatic heterocycles. The van der Waals surface area contributed by atoms with Crippen LogP contribution in [0.4, 0.5) is 17.6 Å². The monoisotopic (exact) mass is 522 g/mol. The normalized spacial score (nSPS) is 12.0. The standard InChI is InChI=1S/C19H9Cl3F4N4O3/c20-8-4-9-14(11(22)5-8)28-16(33-17(9)31)12-6-13(32-7-19(25,26)18(23)24)29-30(12)15-10(21)2-1-3-27-15/h1-6,18H,7H2. The molecule has 0 N–H and O–H groups in total. The summed E-state index contributed by atoms with van der Waals surface area (Å²) in [7, 11) is 0. The molecule has 172 valence electrons. The van der Waals surface area contributed by atoms with Gasteiger partial charge in [0.25, 0.3) is 0 Å². The number of hydrogen-bond acceptors (Lipinski definition) is 6. The molecule has 0 amide bonds. The molecule has 0 radical (unpaired) electrons. The molecule has 14 heteroatoms. The molecule has 4 aromatic rings. The van der Waals surface area contributed by atoms with Gasteiger partial charge in [-0.1, -0.05) is 34.8 Å². The van der Waals surface area contributed by atoms with Crippen LogP contribution in [0.15, 0.2) is 45.7 Å². The van der Waals surface area contributed by atoms with E-state index in [2.05, 4.69) is 15.1 Å². The van der Waals surface area contributed by atoms with Gasteiger partial charge < -0.3 is 9.15 Å². The average Bonchev–Trinajstić information content (AvgIpc) is 3.17. The highest BCUT2D eigenvalue weighted by atomic mass is 35.5. The molecular weight excluding hydrogens is 515 g/mol. The highest BCUT2D eigenvalue weighted by Crippen LogP contribution is 2.32. The highest BCUT2D eigenvalue weighted by Gasteiger charge is 2.42. The van der Waals surface area contributed by atoms with Gasteiger partial charge in [-0.2, -0.15) is 8.78 Å². The molecule has 4 rings (SSSR count). The molecule has 33 heavy (non-hydrogen) atoms. The van der Waals surface area contributed by atoms with Crippen LogP contribution in [0.1, 0.15) is 0 Å². The maximum atomic E-state index is 13.3. The van der Waals surface area contributed by atoms with Gasteiger partial charge in [-0.15, -0.1) is 5.10 Å². The van der Waals surface area contributed by atoms with E-state index in [9.17, 15) is 22.4 Å². The summed E-state index contributed by atoms with van der Waals surface area (Å²) in [4.78, 5) is 20.8. The summed E-state index contributed by atoms with van der Waals surface area (Å²) < 4.78 is 62.6. The Morgan fingerprint density at radius 1 is 1.15 bits per heavy atom. The fraction of sp³-hybridized carbons (Fsp3) is 0.158. The van der Waals surface area contributed by atoms with Crippen LogP contribution in [0, 0.1) is 0 Å². The lowest BCUT2D eigenvalue weighted by Crippen LogP contribution is -2.33. The van der Waals surface area contributed by atoms with E-state index in [1.165, 1.54) is 30.5 Å². The van der Waals surface area contributed by atoms with Gasteiger partial charge in [0.1, 0.15) is 11.2 Å². The number of rotatable bonds is 6. The highest BCUT2D eigenvalue weighted by molar-refractivity contribution is 6.38. The third-order valence-corrected chi connectivity index (χ3v) is 5.03. The van der Waals surface area contributed by atoms with Crippen molar-refractivity contribution in [1.82, 2.24) is 19.7 Å². The Bertz CT molecular complexity index is 1410. The van der Waals surface area contributed by atoms with Gasteiger partial charge in [-0.05, 0) is 24.3 Å². The Morgan fingerprint density at radius 3 is 2.61 bits per heavy atom. The van der Waals surface area contributed by atoms with Gasteiger partial charge >= 0.3 is 18.0 Å². The van der Waals surface area contributed by atoms with Crippen LogP contribution in [0.25, 0.3) is 28.3 Å². The average molecular weight is 524 g/mol. The number of aromatic nitrogens is 4. The van der Waals surface area contributed by atoms with Crippen LogP contribution in [-0.4, -0.2) is 38.7 Å². The van der Waals surface area contributed by atoms with E-state index in [0.29, 0.717) is 0 Å². The van der Waals surface area contributed by atoms with Crippen LogP contribution in [0.5, 0.6) is 5.88 Å². The molecule has 1 aromatic carbocycles. The number of alkyl halides is 4. The molecule has 0 fully saturated rings. The summed E-state index contributed by atoms with van der Waals surface area (Å²) in [5.74, 6) is -5.27. The molecule has 0 bridgehead atoms. The number of pyridine rings is 1. The minimum absolute atomic E-state index is 0.00335. The van der Waals surface area contributed by atoms with Crippen LogP contribution in [0.3, 0.4) is 0 Å². The van der Waals surface area contributed by atoms with Gasteiger partial charge in [0.05, 0.1) is 15.4 Å². The summed E-state index contributed by atoms with van der Waals surface area (Å²) in [6.07, 6.45) is -2.58. The topological polar surface area (TPSA) is 83.0 Å². The van der Waals surface area contributed by atoms with Gasteiger partial charge in [-0.25, -0.2) is 28.2 Å². The van der Waals surface area contributed by atoms with Crippen molar-refractivity contribution in [3.05, 3.63) is 62.0 Å². The lowest BCUT2D eigenvalue weighted by Gasteiger charge is -2.14. The van der Waals surface area contributed by atoms with Crippen molar-refractivity contribution in [2.24, 2.45) is 0 Å². The zero-order chi connectivity index (χ0) is 23.9. The second-order valence-corrected chi connectivity index (χ2v) is 7.78. The summed E-state index contributed by atoms with van der Waals surface area (Å²) >= 11 is 18.2. The first kappa shape index (κ1) is 23.3. The lowest BCUT2D eigenvalue weighted by molar-refractivity contribution is -0.148. The Kier molecular flexibility index (Phi) is 6.21. The zero-order valence-electron chi connectivity index (χ0n) is 15.9. The van der Waals surface area contributed by atoms with Crippen molar-refractivity contribution in [1.29, 1.82) is 0 Å². The Balaban J connectivity index is 1.87. The van der Waals surface area contributed by atoms with Crippen LogP contribution in [0.2, 0.25) is 15.1 Å². The van der Waals surface area contributed by atoms with Gasteiger partial charge in [0.15, 0.2) is 12.4 Å². The van der Waals surface area contributed by atoms with Crippen molar-refractivity contribution in [2.45, 2.75) is 12.3 Å². The third-order valence-electron chi connectivity index (χ3n) is 4.23. The minimum atomic E-state index is -4.42. The Hall–Kier alpha value is -2.89. The molecule has 3 aromatic heterocycles. The third kappa shape index (κ3) is 4.61. The summed E-state index contributed by atoms with van der Waals surface area (Å²) in [6, 6.07) is 6.69. The predicted molar refractivity (Wildman–Crippen MR) is 112 cm³/mol. The number of halogens is 7. The van der Waals surface area contributed by atoms with Gasteiger partial charge in [0, 0.05) is 17.3 Å². The SMILES string of the molecule is O=c1oc(-c2cc(OCC(F)(F)C(F)F)nn2-c2ncccc2Cl)nc2c(Cl)cc(Cl)cc12. The number of fused-ring (bicyclic) bond motifs is 1. The van der Waals surface area contributed by atoms with E-state index >= 15 is 0 Å². The number of nitrogens with zero attached hydrogens (tertiary/aromatic N) is 4. The fourth-order valence-electron chi connectivity index (χ4n) is 2.72. The quantitative estimate of drug-likeness (QED) is 0.303. The Labute approximate surface area is 196 Å². The summed E-state index contributed by atoms with van der Waals surface area (Å²) in [6.45, 7) is -1.66. The van der Waals surface area contributed by atoms with Crippen molar-refractivity contribution in [2.75, 3.05) is 6.61 Å². The number of ether oxygens (including phenoxy) is 1. The maximum Gasteiger partial charge on any atom is 0.347 e. The molecule has 0 saturated heterocycles. The van der Waals surface area contributed by atoms with E-state index in [0.717, 1.165) is 10.7 Å². The molecule has 0 aliphatic carbocycles. The zero-order valence-corrected chi connectivity index (χ0v) is 18.2. The van der Waals surface area contributed by atoms with E-state index in [1.54, 1.807) is 0 Å². The number of benzene rings is 1. The van der Waals surface area contributed by atoms with Crippen molar-refractivity contribution < 1.29 is 26.7 Å². The largest absolute Gasteiger partial charge is 0.470 e. The van der Waals surface area contributed by atoms with E-state index in [1.807, 2.05) is 0 Å². The summed E-state index contributed by atoms with van der Waals surface area (Å²) in [5.41, 5.74) is -0.916. The molecule has 0 aliphatic rings. The molecule has 0 spiro atoms. The maximum absolute atomic E-state index is 13.3. The van der Waals surface area contributed by atoms with Gasteiger partial charge in [0.2, 0.25) is 11.8 Å². The summed E-state index contributed by atoms with van der Waals surface area (Å²) in [5, 5.41) is 4.23. The van der Waals surface area contributed by atoms with E-state index in [4.69, 9.17) is 44.0 Å². The molecule has 0 atom stereocenters. The van der Waals surface area contributed by atoms with Crippen molar-refractivity contribution >= 4 is 45.7 Å². The van der Waals surface area contributed by atoms with Crippen molar-refractivity contribution in [3.63, 3.8) is 0 Å². The first-order valence-corrected chi connectivity index (χ1v) is 10.00. The molecule has 7 nitrogen and oxygen atoms in total. The minimum Gasteiger partial charge on any atom is -0.470 e. The molecular formula is C19H9Cl3F4N4O3. The first-order valence-electron chi connectivity index (χ1n) is 8.87. The van der Waals surface area contributed by atoms with E-state index in [-0.39, 0.29) is 43.4 Å².